The number of hydrogen-bond donors (Lipinski definition) is 2. The Morgan fingerprint density at radius 2 is 1.65 bits per heavy atom. The molecule has 0 radical (unpaired) electrons. The minimum atomic E-state index is -0.560. The molecule has 0 saturated carbocycles. The molecule has 0 bridgehead atoms. The molecule has 0 saturated heterocycles. The minimum absolute atomic E-state index is 0.0158. The van der Waals surface area contributed by atoms with Crippen molar-refractivity contribution in [1.82, 2.24) is 5.32 Å². The second kappa shape index (κ2) is 9.46. The van der Waals surface area contributed by atoms with E-state index in [1.807, 2.05) is 19.9 Å². The van der Waals surface area contributed by atoms with Gasteiger partial charge in [-0.3, -0.25) is 9.59 Å². The second-order valence-electron chi connectivity index (χ2n) is 5.63. The van der Waals surface area contributed by atoms with Gasteiger partial charge in [-0.2, -0.15) is 0 Å². The summed E-state index contributed by atoms with van der Waals surface area (Å²) in [6, 6.07) is 13.6. The Balaban J connectivity index is 2.29. The molecule has 6 heteroatoms. The zero-order valence-corrected chi connectivity index (χ0v) is 15.0. The van der Waals surface area contributed by atoms with E-state index >= 15 is 0 Å². The van der Waals surface area contributed by atoms with Gasteiger partial charge in [-0.05, 0) is 43.7 Å². The molecular formula is C20H24N2O4. The van der Waals surface area contributed by atoms with Crippen molar-refractivity contribution >= 4 is 11.8 Å². The van der Waals surface area contributed by atoms with Gasteiger partial charge >= 0.3 is 0 Å². The van der Waals surface area contributed by atoms with Crippen LogP contribution in [0.3, 0.4) is 0 Å². The van der Waals surface area contributed by atoms with E-state index in [0.717, 1.165) is 5.56 Å². The molecule has 1 atom stereocenters. The van der Waals surface area contributed by atoms with Crippen molar-refractivity contribution in [2.45, 2.75) is 26.3 Å². The lowest BCUT2D eigenvalue weighted by molar-refractivity contribution is -0.118. The number of benzene rings is 2. The molecule has 0 aliphatic heterocycles. The number of carbonyl (C=O) groups is 2. The lowest BCUT2D eigenvalue weighted by Gasteiger charge is -2.20. The number of hydrogen-bond acceptors (Lipinski definition) is 4. The van der Waals surface area contributed by atoms with Crippen LogP contribution < -0.4 is 20.5 Å². The van der Waals surface area contributed by atoms with Crippen molar-refractivity contribution in [3.8, 4) is 11.5 Å². The molecule has 6 nitrogen and oxygen atoms in total. The monoisotopic (exact) mass is 356 g/mol. The summed E-state index contributed by atoms with van der Waals surface area (Å²) in [6.45, 7) is 4.75. The highest BCUT2D eigenvalue weighted by Gasteiger charge is 2.20. The van der Waals surface area contributed by atoms with E-state index in [1.165, 1.54) is 0 Å². The number of rotatable bonds is 9. The third kappa shape index (κ3) is 5.24. The SMILES string of the molecule is CCOc1ccc(C(CC(N)=O)NC(=O)c2ccccc2)cc1OCC. The van der Waals surface area contributed by atoms with E-state index in [2.05, 4.69) is 5.32 Å². The summed E-state index contributed by atoms with van der Waals surface area (Å²) in [6.07, 6.45) is -0.0158. The normalized spacial score (nSPS) is 11.5. The van der Waals surface area contributed by atoms with Crippen molar-refractivity contribution in [3.05, 3.63) is 59.7 Å². The molecule has 0 heterocycles. The lowest BCUT2D eigenvalue weighted by atomic mass is 10.0. The highest BCUT2D eigenvalue weighted by Crippen LogP contribution is 2.31. The molecule has 0 spiro atoms. The maximum absolute atomic E-state index is 12.5. The van der Waals surface area contributed by atoms with Gasteiger partial charge in [0.1, 0.15) is 0 Å². The van der Waals surface area contributed by atoms with E-state index in [0.29, 0.717) is 30.3 Å². The van der Waals surface area contributed by atoms with Crippen LogP contribution >= 0.6 is 0 Å². The van der Waals surface area contributed by atoms with Crippen molar-refractivity contribution in [1.29, 1.82) is 0 Å². The van der Waals surface area contributed by atoms with Crippen LogP contribution in [0.1, 0.15) is 42.2 Å². The first-order valence-electron chi connectivity index (χ1n) is 8.58. The average molecular weight is 356 g/mol. The van der Waals surface area contributed by atoms with E-state index in [-0.39, 0.29) is 12.3 Å². The Bertz CT molecular complexity index is 747. The molecule has 0 aliphatic rings. The third-order valence-corrected chi connectivity index (χ3v) is 3.72. The maximum atomic E-state index is 12.5. The molecule has 138 valence electrons. The van der Waals surface area contributed by atoms with Gasteiger partial charge in [0.25, 0.3) is 5.91 Å². The number of primary amides is 1. The Hall–Kier alpha value is -3.02. The van der Waals surface area contributed by atoms with Crippen LogP contribution in [0.2, 0.25) is 0 Å². The third-order valence-electron chi connectivity index (χ3n) is 3.72. The summed E-state index contributed by atoms with van der Waals surface area (Å²) >= 11 is 0. The highest BCUT2D eigenvalue weighted by molar-refractivity contribution is 5.94. The summed E-state index contributed by atoms with van der Waals surface area (Å²) < 4.78 is 11.2. The minimum Gasteiger partial charge on any atom is -0.490 e. The molecule has 0 fully saturated rings. The van der Waals surface area contributed by atoms with Crippen LogP contribution in [-0.4, -0.2) is 25.0 Å². The van der Waals surface area contributed by atoms with E-state index in [1.54, 1.807) is 42.5 Å². The molecule has 2 aromatic rings. The van der Waals surface area contributed by atoms with Crippen LogP contribution in [0.15, 0.2) is 48.5 Å². The predicted octanol–water partition coefficient (Wildman–Crippen LogP) is 2.83. The van der Waals surface area contributed by atoms with Gasteiger partial charge in [0.2, 0.25) is 5.91 Å². The molecule has 2 aromatic carbocycles. The number of ether oxygens (including phenoxy) is 2. The molecule has 2 rings (SSSR count). The van der Waals surface area contributed by atoms with Crippen LogP contribution in [0.5, 0.6) is 11.5 Å². The first kappa shape index (κ1) is 19.3. The van der Waals surface area contributed by atoms with E-state index in [9.17, 15) is 9.59 Å². The standard InChI is InChI=1S/C20H24N2O4/c1-3-25-17-11-10-15(12-18(17)26-4-2)16(13-19(21)23)22-20(24)14-8-6-5-7-9-14/h5-12,16H,3-4,13H2,1-2H3,(H2,21,23)(H,22,24). The molecule has 0 aromatic heterocycles. The summed E-state index contributed by atoms with van der Waals surface area (Å²) in [5.74, 6) is 0.402. The second-order valence-corrected chi connectivity index (χ2v) is 5.63. The topological polar surface area (TPSA) is 90.6 Å². The number of nitrogens with one attached hydrogen (secondary N) is 1. The number of nitrogens with two attached hydrogens (primary N) is 1. The predicted molar refractivity (Wildman–Crippen MR) is 99.2 cm³/mol. The van der Waals surface area contributed by atoms with Crippen LogP contribution in [0, 0.1) is 0 Å². The van der Waals surface area contributed by atoms with Crippen LogP contribution in [-0.2, 0) is 4.79 Å². The smallest absolute Gasteiger partial charge is 0.251 e. The van der Waals surface area contributed by atoms with Crippen molar-refractivity contribution in [2.24, 2.45) is 5.73 Å². The molecule has 26 heavy (non-hydrogen) atoms. The van der Waals surface area contributed by atoms with Gasteiger partial charge in [0, 0.05) is 5.56 Å². The first-order valence-corrected chi connectivity index (χ1v) is 8.58. The summed E-state index contributed by atoms with van der Waals surface area (Å²) in [7, 11) is 0. The first-order chi connectivity index (χ1) is 12.5. The maximum Gasteiger partial charge on any atom is 0.251 e. The molecular weight excluding hydrogens is 332 g/mol. The van der Waals surface area contributed by atoms with Gasteiger partial charge in [-0.1, -0.05) is 24.3 Å². The highest BCUT2D eigenvalue weighted by atomic mass is 16.5. The largest absolute Gasteiger partial charge is 0.490 e. The number of carbonyl (C=O) groups excluding carboxylic acids is 2. The Labute approximate surface area is 153 Å². The van der Waals surface area contributed by atoms with Gasteiger partial charge in [0.15, 0.2) is 11.5 Å². The van der Waals surface area contributed by atoms with Crippen molar-refractivity contribution in [3.63, 3.8) is 0 Å². The van der Waals surface area contributed by atoms with Gasteiger partial charge < -0.3 is 20.5 Å². The zero-order valence-electron chi connectivity index (χ0n) is 15.0. The molecule has 3 N–H and O–H groups in total. The molecule has 2 amide bonds. The van der Waals surface area contributed by atoms with Crippen LogP contribution in [0.4, 0.5) is 0 Å². The Morgan fingerprint density at radius 3 is 2.27 bits per heavy atom. The van der Waals surface area contributed by atoms with E-state index < -0.39 is 11.9 Å². The average Bonchev–Trinajstić information content (AvgIpc) is 2.63. The fourth-order valence-electron chi connectivity index (χ4n) is 2.57. The molecule has 1 unspecified atom stereocenters. The fraction of sp³-hybridized carbons (Fsp3) is 0.300. The quantitative estimate of drug-likeness (QED) is 0.723. The van der Waals surface area contributed by atoms with Gasteiger partial charge in [0.05, 0.1) is 25.7 Å². The van der Waals surface area contributed by atoms with Crippen molar-refractivity contribution in [2.75, 3.05) is 13.2 Å². The fourth-order valence-corrected chi connectivity index (χ4v) is 2.57. The van der Waals surface area contributed by atoms with Gasteiger partial charge in [-0.15, -0.1) is 0 Å². The lowest BCUT2D eigenvalue weighted by Crippen LogP contribution is -2.31. The summed E-state index contributed by atoms with van der Waals surface area (Å²) in [5, 5.41) is 2.87. The Kier molecular flexibility index (Phi) is 7.02. The number of amides is 2. The molecule has 0 aliphatic carbocycles. The van der Waals surface area contributed by atoms with Crippen molar-refractivity contribution < 1.29 is 19.1 Å². The van der Waals surface area contributed by atoms with E-state index in [4.69, 9.17) is 15.2 Å². The summed E-state index contributed by atoms with van der Waals surface area (Å²) in [4.78, 5) is 24.0. The zero-order chi connectivity index (χ0) is 18.9. The van der Waals surface area contributed by atoms with Gasteiger partial charge in [-0.25, -0.2) is 0 Å². The summed E-state index contributed by atoms with van der Waals surface area (Å²) in [5.41, 5.74) is 6.61. The Morgan fingerprint density at radius 1 is 1.00 bits per heavy atom. The van der Waals surface area contributed by atoms with Crippen LogP contribution in [0.25, 0.3) is 0 Å².